The van der Waals surface area contributed by atoms with Gasteiger partial charge in [-0.3, -0.25) is 0 Å². The Bertz CT molecular complexity index is 314. The van der Waals surface area contributed by atoms with E-state index in [0.29, 0.717) is 25.5 Å². The van der Waals surface area contributed by atoms with E-state index < -0.39 is 5.97 Å². The molecule has 84 valence electrons. The molecule has 0 aliphatic heterocycles. The van der Waals surface area contributed by atoms with Crippen LogP contribution in [0.2, 0.25) is 0 Å². The monoisotopic (exact) mass is 230 g/mol. The van der Waals surface area contributed by atoms with Crippen LogP contribution in [-0.2, 0) is 16.0 Å². The van der Waals surface area contributed by atoms with E-state index in [9.17, 15) is 4.79 Å². The average Bonchev–Trinajstić information content (AvgIpc) is 2.72. The third-order valence-electron chi connectivity index (χ3n) is 1.60. The van der Waals surface area contributed by atoms with E-state index in [1.807, 2.05) is 6.92 Å². The Morgan fingerprint density at radius 1 is 1.60 bits per heavy atom. The first-order valence-electron chi connectivity index (χ1n) is 4.67. The molecule has 1 heterocycles. The fourth-order valence-corrected chi connectivity index (χ4v) is 1.55. The summed E-state index contributed by atoms with van der Waals surface area (Å²) < 4.78 is 9.96. The number of aromatic nitrogens is 1. The number of hydrogen-bond donors (Lipinski definition) is 1. The van der Waals surface area contributed by atoms with Crippen LogP contribution in [0.3, 0.4) is 0 Å². The minimum absolute atomic E-state index is 0.252. The van der Waals surface area contributed by atoms with E-state index >= 15 is 0 Å². The topological polar surface area (TPSA) is 74.4 Å². The molecular weight excluding hydrogens is 216 g/mol. The SMILES string of the molecule is CCOCCOC(=O)c1csc(CN)n1. The van der Waals surface area contributed by atoms with Crippen molar-refractivity contribution in [2.24, 2.45) is 5.73 Å². The number of thiazole rings is 1. The van der Waals surface area contributed by atoms with Crippen molar-refractivity contribution in [3.8, 4) is 0 Å². The lowest BCUT2D eigenvalue weighted by Crippen LogP contribution is -2.11. The van der Waals surface area contributed by atoms with Crippen LogP contribution in [0.5, 0.6) is 0 Å². The Hall–Kier alpha value is -0.980. The highest BCUT2D eigenvalue weighted by Gasteiger charge is 2.10. The second-order valence-corrected chi connectivity index (χ2v) is 3.61. The van der Waals surface area contributed by atoms with Crippen LogP contribution in [0.4, 0.5) is 0 Å². The minimum Gasteiger partial charge on any atom is -0.458 e. The van der Waals surface area contributed by atoms with Gasteiger partial charge in [0, 0.05) is 18.5 Å². The Labute approximate surface area is 92.2 Å². The minimum atomic E-state index is -0.425. The molecular formula is C9H14N2O3S. The number of hydrogen-bond acceptors (Lipinski definition) is 6. The molecule has 0 fully saturated rings. The highest BCUT2D eigenvalue weighted by molar-refractivity contribution is 7.09. The van der Waals surface area contributed by atoms with E-state index in [1.54, 1.807) is 5.38 Å². The van der Waals surface area contributed by atoms with E-state index in [4.69, 9.17) is 15.2 Å². The van der Waals surface area contributed by atoms with Crippen LogP contribution >= 0.6 is 11.3 Å². The van der Waals surface area contributed by atoms with Crippen molar-refractivity contribution in [1.29, 1.82) is 0 Å². The van der Waals surface area contributed by atoms with Gasteiger partial charge in [0.05, 0.1) is 6.61 Å². The van der Waals surface area contributed by atoms with Gasteiger partial charge >= 0.3 is 5.97 Å². The molecule has 1 aromatic heterocycles. The van der Waals surface area contributed by atoms with Crippen molar-refractivity contribution >= 4 is 17.3 Å². The lowest BCUT2D eigenvalue weighted by atomic mass is 10.5. The maximum atomic E-state index is 11.4. The normalized spacial score (nSPS) is 10.3. The fraction of sp³-hybridized carbons (Fsp3) is 0.556. The van der Waals surface area contributed by atoms with Crippen molar-refractivity contribution in [3.63, 3.8) is 0 Å². The number of carbonyl (C=O) groups is 1. The zero-order valence-corrected chi connectivity index (χ0v) is 9.38. The van der Waals surface area contributed by atoms with Gasteiger partial charge in [-0.2, -0.15) is 0 Å². The quantitative estimate of drug-likeness (QED) is 0.578. The third-order valence-corrected chi connectivity index (χ3v) is 2.47. The smallest absolute Gasteiger partial charge is 0.357 e. The number of nitrogens with zero attached hydrogens (tertiary/aromatic N) is 1. The molecule has 0 aromatic carbocycles. The second kappa shape index (κ2) is 6.49. The summed E-state index contributed by atoms with van der Waals surface area (Å²) in [5, 5.41) is 2.37. The van der Waals surface area contributed by atoms with Crippen molar-refractivity contribution in [2.45, 2.75) is 13.5 Å². The summed E-state index contributed by atoms with van der Waals surface area (Å²) in [6.07, 6.45) is 0. The number of esters is 1. The van der Waals surface area contributed by atoms with Gasteiger partial charge in [0.1, 0.15) is 11.6 Å². The molecule has 0 saturated heterocycles. The summed E-state index contributed by atoms with van der Waals surface area (Å²) in [5.74, 6) is -0.425. The molecule has 15 heavy (non-hydrogen) atoms. The van der Waals surface area contributed by atoms with E-state index in [0.717, 1.165) is 5.01 Å². The van der Waals surface area contributed by atoms with Crippen LogP contribution in [0, 0.1) is 0 Å². The van der Waals surface area contributed by atoms with Crippen LogP contribution in [0.1, 0.15) is 22.4 Å². The van der Waals surface area contributed by atoms with Gasteiger partial charge in [-0.05, 0) is 6.92 Å². The lowest BCUT2D eigenvalue weighted by Gasteiger charge is -2.02. The number of nitrogens with two attached hydrogens (primary N) is 1. The standard InChI is InChI=1S/C9H14N2O3S/c1-2-13-3-4-14-9(12)7-6-15-8(5-10)11-7/h6H,2-5,10H2,1H3. The number of carbonyl (C=O) groups excluding carboxylic acids is 1. The Morgan fingerprint density at radius 3 is 3.00 bits per heavy atom. The molecule has 0 amide bonds. The molecule has 6 heteroatoms. The number of ether oxygens (including phenoxy) is 2. The molecule has 0 radical (unpaired) electrons. The summed E-state index contributed by atoms with van der Waals surface area (Å²) in [6, 6.07) is 0. The second-order valence-electron chi connectivity index (χ2n) is 2.66. The predicted molar refractivity (Wildman–Crippen MR) is 56.8 cm³/mol. The molecule has 0 aliphatic rings. The molecule has 0 spiro atoms. The Morgan fingerprint density at radius 2 is 2.40 bits per heavy atom. The van der Waals surface area contributed by atoms with Gasteiger partial charge in [0.15, 0.2) is 5.69 Å². The number of rotatable bonds is 6. The van der Waals surface area contributed by atoms with Gasteiger partial charge in [0.2, 0.25) is 0 Å². The third kappa shape index (κ3) is 3.94. The van der Waals surface area contributed by atoms with Gasteiger partial charge in [0.25, 0.3) is 0 Å². The van der Waals surface area contributed by atoms with E-state index in [1.165, 1.54) is 11.3 Å². The largest absolute Gasteiger partial charge is 0.458 e. The van der Waals surface area contributed by atoms with Gasteiger partial charge in [-0.1, -0.05) is 0 Å². The molecule has 0 saturated carbocycles. The van der Waals surface area contributed by atoms with Gasteiger partial charge < -0.3 is 15.2 Å². The van der Waals surface area contributed by atoms with Gasteiger partial charge in [-0.25, -0.2) is 9.78 Å². The van der Waals surface area contributed by atoms with E-state index in [-0.39, 0.29) is 6.61 Å². The van der Waals surface area contributed by atoms with E-state index in [2.05, 4.69) is 4.98 Å². The lowest BCUT2D eigenvalue weighted by molar-refractivity contribution is 0.0330. The molecule has 2 N–H and O–H groups in total. The first-order chi connectivity index (χ1) is 7.27. The summed E-state index contributed by atoms with van der Waals surface area (Å²) in [6.45, 7) is 3.51. The van der Waals surface area contributed by atoms with Crippen LogP contribution < -0.4 is 5.73 Å². The molecule has 0 unspecified atom stereocenters. The molecule has 5 nitrogen and oxygen atoms in total. The first kappa shape index (κ1) is 12.1. The van der Waals surface area contributed by atoms with Crippen molar-refractivity contribution in [1.82, 2.24) is 4.98 Å². The molecule has 1 aromatic rings. The van der Waals surface area contributed by atoms with Crippen molar-refractivity contribution < 1.29 is 14.3 Å². The summed E-state index contributed by atoms with van der Waals surface area (Å²) in [7, 11) is 0. The highest BCUT2D eigenvalue weighted by atomic mass is 32.1. The maximum Gasteiger partial charge on any atom is 0.357 e. The molecule has 0 bridgehead atoms. The Balaban J connectivity index is 2.33. The predicted octanol–water partition coefficient (Wildman–Crippen LogP) is 0.795. The first-order valence-corrected chi connectivity index (χ1v) is 5.55. The molecule has 1 rings (SSSR count). The maximum absolute atomic E-state index is 11.4. The van der Waals surface area contributed by atoms with Crippen LogP contribution in [0.15, 0.2) is 5.38 Å². The summed E-state index contributed by atoms with van der Waals surface area (Å²) >= 11 is 1.35. The fourth-order valence-electron chi connectivity index (χ4n) is 0.910. The van der Waals surface area contributed by atoms with Crippen molar-refractivity contribution in [3.05, 3.63) is 16.1 Å². The summed E-state index contributed by atoms with van der Waals surface area (Å²) in [4.78, 5) is 15.4. The molecule has 0 atom stereocenters. The Kier molecular flexibility index (Phi) is 5.23. The summed E-state index contributed by atoms with van der Waals surface area (Å²) in [5.41, 5.74) is 5.70. The zero-order valence-electron chi connectivity index (χ0n) is 8.56. The highest BCUT2D eigenvalue weighted by Crippen LogP contribution is 2.09. The van der Waals surface area contributed by atoms with Gasteiger partial charge in [-0.15, -0.1) is 11.3 Å². The van der Waals surface area contributed by atoms with Crippen molar-refractivity contribution in [2.75, 3.05) is 19.8 Å². The average molecular weight is 230 g/mol. The molecule has 0 aliphatic carbocycles. The zero-order chi connectivity index (χ0) is 11.1. The van der Waals surface area contributed by atoms with Crippen LogP contribution in [0.25, 0.3) is 0 Å². The van der Waals surface area contributed by atoms with Crippen LogP contribution in [-0.4, -0.2) is 30.8 Å².